The SMILES string of the molecule is Cc1c(C(=O)O)cccc1C(=O)O.NCCO. The van der Waals surface area contributed by atoms with Crippen molar-refractivity contribution in [1.82, 2.24) is 0 Å². The number of hydrogen-bond acceptors (Lipinski definition) is 4. The molecule has 0 aliphatic rings. The minimum Gasteiger partial charge on any atom is -0.478 e. The Morgan fingerprint density at radius 2 is 1.53 bits per heavy atom. The first-order valence-corrected chi connectivity index (χ1v) is 4.82. The number of aliphatic hydroxyl groups excluding tert-OH is 1. The Kier molecular flexibility index (Phi) is 6.54. The largest absolute Gasteiger partial charge is 0.478 e. The second-order valence-electron chi connectivity index (χ2n) is 3.10. The lowest BCUT2D eigenvalue weighted by molar-refractivity contribution is 0.0696. The summed E-state index contributed by atoms with van der Waals surface area (Å²) in [5, 5.41) is 25.1. The smallest absolute Gasteiger partial charge is 0.335 e. The van der Waals surface area contributed by atoms with Crippen molar-refractivity contribution in [2.24, 2.45) is 5.73 Å². The van der Waals surface area contributed by atoms with Gasteiger partial charge in [-0.15, -0.1) is 0 Å². The number of carboxylic acid groups (broad SMARTS) is 2. The van der Waals surface area contributed by atoms with Crippen molar-refractivity contribution >= 4 is 11.9 Å². The number of nitrogens with two attached hydrogens (primary N) is 1. The fourth-order valence-electron chi connectivity index (χ4n) is 1.10. The molecule has 0 saturated heterocycles. The molecular weight excluding hydrogens is 226 g/mol. The summed E-state index contributed by atoms with van der Waals surface area (Å²) < 4.78 is 0. The molecule has 94 valence electrons. The van der Waals surface area contributed by atoms with E-state index in [9.17, 15) is 9.59 Å². The van der Waals surface area contributed by atoms with Crippen molar-refractivity contribution in [3.63, 3.8) is 0 Å². The third kappa shape index (κ3) is 4.62. The number of aromatic carboxylic acids is 2. The maximum Gasteiger partial charge on any atom is 0.335 e. The monoisotopic (exact) mass is 241 g/mol. The number of rotatable bonds is 3. The summed E-state index contributed by atoms with van der Waals surface area (Å²) in [5.74, 6) is -2.22. The highest BCUT2D eigenvalue weighted by Gasteiger charge is 2.13. The highest BCUT2D eigenvalue weighted by molar-refractivity contribution is 5.96. The topological polar surface area (TPSA) is 121 Å². The van der Waals surface area contributed by atoms with E-state index in [2.05, 4.69) is 0 Å². The molecule has 0 amide bonds. The molecule has 0 bridgehead atoms. The Morgan fingerprint density at radius 1 is 1.18 bits per heavy atom. The molecule has 1 rings (SSSR count). The van der Waals surface area contributed by atoms with Gasteiger partial charge in [-0.1, -0.05) is 6.07 Å². The highest BCUT2D eigenvalue weighted by Crippen LogP contribution is 2.13. The van der Waals surface area contributed by atoms with E-state index in [0.29, 0.717) is 6.54 Å². The Balaban J connectivity index is 0.000000557. The van der Waals surface area contributed by atoms with Gasteiger partial charge in [-0.3, -0.25) is 0 Å². The highest BCUT2D eigenvalue weighted by atomic mass is 16.4. The van der Waals surface area contributed by atoms with Gasteiger partial charge < -0.3 is 21.1 Å². The first-order chi connectivity index (χ1) is 7.95. The summed E-state index contributed by atoms with van der Waals surface area (Å²) in [7, 11) is 0. The molecule has 0 atom stereocenters. The molecule has 0 saturated carbocycles. The van der Waals surface area contributed by atoms with Crippen molar-refractivity contribution < 1.29 is 24.9 Å². The van der Waals surface area contributed by atoms with Gasteiger partial charge >= 0.3 is 11.9 Å². The number of carboxylic acids is 2. The second kappa shape index (κ2) is 7.37. The fraction of sp³-hybridized carbons (Fsp3) is 0.273. The van der Waals surface area contributed by atoms with Crippen molar-refractivity contribution in [2.75, 3.05) is 13.2 Å². The van der Waals surface area contributed by atoms with Crippen LogP contribution in [0.5, 0.6) is 0 Å². The number of hydrogen-bond donors (Lipinski definition) is 4. The van der Waals surface area contributed by atoms with Crippen LogP contribution in [0.15, 0.2) is 18.2 Å². The number of benzene rings is 1. The zero-order valence-corrected chi connectivity index (χ0v) is 9.38. The van der Waals surface area contributed by atoms with Gasteiger partial charge in [0, 0.05) is 6.54 Å². The summed E-state index contributed by atoms with van der Waals surface area (Å²) in [6, 6.07) is 4.17. The summed E-state index contributed by atoms with van der Waals surface area (Å²) in [6.45, 7) is 1.95. The van der Waals surface area contributed by atoms with Crippen LogP contribution in [0.25, 0.3) is 0 Å². The average molecular weight is 241 g/mol. The third-order valence-electron chi connectivity index (χ3n) is 1.92. The molecule has 0 aliphatic heterocycles. The maximum atomic E-state index is 10.6. The Morgan fingerprint density at radius 3 is 1.76 bits per heavy atom. The van der Waals surface area contributed by atoms with Gasteiger partial charge in [0.2, 0.25) is 0 Å². The van der Waals surface area contributed by atoms with Crippen LogP contribution in [0, 0.1) is 6.92 Å². The molecule has 0 unspecified atom stereocenters. The lowest BCUT2D eigenvalue weighted by atomic mass is 10.0. The standard InChI is InChI=1S/C9H8O4.C2H7NO/c1-5-6(8(10)11)3-2-4-7(5)9(12)13;3-1-2-4/h2-4H,1H3,(H,10,11)(H,12,13);4H,1-3H2. The van der Waals surface area contributed by atoms with Gasteiger partial charge in [-0.05, 0) is 24.6 Å². The molecule has 0 radical (unpaired) electrons. The van der Waals surface area contributed by atoms with Gasteiger partial charge in [-0.2, -0.15) is 0 Å². The van der Waals surface area contributed by atoms with E-state index in [1.54, 1.807) is 0 Å². The minimum absolute atomic E-state index is 0.0277. The lowest BCUT2D eigenvalue weighted by Crippen LogP contribution is -2.06. The van der Waals surface area contributed by atoms with Crippen LogP contribution in [0.4, 0.5) is 0 Å². The molecule has 0 fully saturated rings. The molecule has 0 aliphatic carbocycles. The zero-order chi connectivity index (χ0) is 13.4. The summed E-state index contributed by atoms with van der Waals surface area (Å²) in [6.07, 6.45) is 0. The van der Waals surface area contributed by atoms with Crippen LogP contribution >= 0.6 is 0 Å². The second-order valence-corrected chi connectivity index (χ2v) is 3.10. The summed E-state index contributed by atoms with van der Waals surface area (Å²) in [5.41, 5.74) is 5.11. The first kappa shape index (κ1) is 15.1. The van der Waals surface area contributed by atoms with Crippen LogP contribution in [0.2, 0.25) is 0 Å². The van der Waals surface area contributed by atoms with E-state index in [1.165, 1.54) is 25.1 Å². The van der Waals surface area contributed by atoms with Crippen LogP contribution < -0.4 is 5.73 Å². The van der Waals surface area contributed by atoms with Gasteiger partial charge in [0.25, 0.3) is 0 Å². The van der Waals surface area contributed by atoms with Crippen molar-refractivity contribution in [1.29, 1.82) is 0 Å². The van der Waals surface area contributed by atoms with E-state index >= 15 is 0 Å². The fourth-order valence-corrected chi connectivity index (χ4v) is 1.10. The Hall–Kier alpha value is -1.92. The maximum absolute atomic E-state index is 10.6. The normalized spacial score (nSPS) is 9.12. The average Bonchev–Trinajstić information content (AvgIpc) is 2.29. The van der Waals surface area contributed by atoms with Crippen LogP contribution in [-0.4, -0.2) is 40.4 Å². The molecule has 0 spiro atoms. The van der Waals surface area contributed by atoms with E-state index in [-0.39, 0.29) is 23.3 Å². The zero-order valence-electron chi connectivity index (χ0n) is 9.38. The molecular formula is C11H15NO5. The first-order valence-electron chi connectivity index (χ1n) is 4.82. The van der Waals surface area contributed by atoms with Crippen LogP contribution in [-0.2, 0) is 0 Å². The lowest BCUT2D eigenvalue weighted by Gasteiger charge is -2.03. The van der Waals surface area contributed by atoms with Crippen LogP contribution in [0.3, 0.4) is 0 Å². The van der Waals surface area contributed by atoms with Gasteiger partial charge in [0.1, 0.15) is 0 Å². The molecule has 0 heterocycles. The molecule has 0 aromatic heterocycles. The quantitative estimate of drug-likeness (QED) is 0.605. The Labute approximate surface area is 98.3 Å². The third-order valence-corrected chi connectivity index (χ3v) is 1.92. The Bertz CT molecular complexity index is 369. The predicted octanol–water partition coefficient (Wildman–Crippen LogP) is 0.329. The van der Waals surface area contributed by atoms with Crippen molar-refractivity contribution in [3.8, 4) is 0 Å². The van der Waals surface area contributed by atoms with Gasteiger partial charge in [0.15, 0.2) is 0 Å². The van der Waals surface area contributed by atoms with E-state index < -0.39 is 11.9 Å². The molecule has 6 nitrogen and oxygen atoms in total. The number of carbonyl (C=O) groups is 2. The van der Waals surface area contributed by atoms with Crippen molar-refractivity contribution in [3.05, 3.63) is 34.9 Å². The van der Waals surface area contributed by atoms with E-state index in [1.807, 2.05) is 0 Å². The molecule has 5 N–H and O–H groups in total. The van der Waals surface area contributed by atoms with E-state index in [0.717, 1.165) is 0 Å². The van der Waals surface area contributed by atoms with E-state index in [4.69, 9.17) is 21.1 Å². The molecule has 6 heteroatoms. The summed E-state index contributed by atoms with van der Waals surface area (Å²) in [4.78, 5) is 21.2. The van der Waals surface area contributed by atoms with Gasteiger partial charge in [0.05, 0.1) is 17.7 Å². The van der Waals surface area contributed by atoms with Gasteiger partial charge in [-0.25, -0.2) is 9.59 Å². The predicted molar refractivity (Wildman–Crippen MR) is 61.2 cm³/mol. The van der Waals surface area contributed by atoms with Crippen LogP contribution in [0.1, 0.15) is 26.3 Å². The number of aliphatic hydroxyl groups is 1. The molecule has 1 aromatic rings. The minimum atomic E-state index is -1.11. The molecule has 1 aromatic carbocycles. The summed E-state index contributed by atoms with van der Waals surface area (Å²) >= 11 is 0. The van der Waals surface area contributed by atoms with Crippen molar-refractivity contribution in [2.45, 2.75) is 6.92 Å². The molecule has 17 heavy (non-hydrogen) atoms.